The second-order valence-corrected chi connectivity index (χ2v) is 3.89. The van der Waals surface area contributed by atoms with Gasteiger partial charge in [0.25, 0.3) is 0 Å². The molecule has 1 N–H and O–H groups in total. The summed E-state index contributed by atoms with van der Waals surface area (Å²) in [4.78, 5) is 0. The zero-order valence-corrected chi connectivity index (χ0v) is 8.52. The molecule has 0 spiro atoms. The standard InChI is InChI=1S/C12H16FN/c1-2-9-7-11(13)3-4-12(9)10-5-6-14-8-10/h3-4,7,10,14H,2,5-6,8H2,1H3/t10-/m1/s1. The SMILES string of the molecule is CCc1cc(F)ccc1[C@@H]1CCNC1. The van der Waals surface area contributed by atoms with Gasteiger partial charge in [0.05, 0.1) is 0 Å². The lowest BCUT2D eigenvalue weighted by Gasteiger charge is -2.13. The van der Waals surface area contributed by atoms with E-state index in [2.05, 4.69) is 12.2 Å². The van der Waals surface area contributed by atoms with Gasteiger partial charge in [-0.3, -0.25) is 0 Å². The van der Waals surface area contributed by atoms with Crippen molar-refractivity contribution in [2.75, 3.05) is 13.1 Å². The molecule has 0 aromatic heterocycles. The smallest absolute Gasteiger partial charge is 0.123 e. The zero-order valence-electron chi connectivity index (χ0n) is 8.52. The summed E-state index contributed by atoms with van der Waals surface area (Å²) in [5.74, 6) is 0.474. The van der Waals surface area contributed by atoms with Crippen molar-refractivity contribution in [2.45, 2.75) is 25.7 Å². The maximum Gasteiger partial charge on any atom is 0.123 e. The van der Waals surface area contributed by atoms with E-state index in [1.165, 1.54) is 17.5 Å². The molecule has 0 saturated carbocycles. The average Bonchev–Trinajstić information content (AvgIpc) is 2.70. The predicted octanol–water partition coefficient (Wildman–Crippen LogP) is 2.46. The second kappa shape index (κ2) is 4.09. The summed E-state index contributed by atoms with van der Waals surface area (Å²) >= 11 is 0. The first-order valence-electron chi connectivity index (χ1n) is 5.30. The van der Waals surface area contributed by atoms with Crippen LogP contribution in [0.4, 0.5) is 4.39 Å². The Morgan fingerprint density at radius 3 is 3.00 bits per heavy atom. The van der Waals surface area contributed by atoms with Crippen molar-refractivity contribution in [3.8, 4) is 0 Å². The van der Waals surface area contributed by atoms with Gasteiger partial charge >= 0.3 is 0 Å². The summed E-state index contributed by atoms with van der Waals surface area (Å²) in [6.45, 7) is 4.21. The minimum absolute atomic E-state index is 0.114. The van der Waals surface area contributed by atoms with Gasteiger partial charge in [-0.15, -0.1) is 0 Å². The molecule has 1 nitrogen and oxygen atoms in total. The van der Waals surface area contributed by atoms with Crippen LogP contribution in [0.15, 0.2) is 18.2 Å². The maximum absolute atomic E-state index is 13.0. The van der Waals surface area contributed by atoms with Gasteiger partial charge in [0.1, 0.15) is 5.82 Å². The van der Waals surface area contributed by atoms with Crippen LogP contribution in [0.1, 0.15) is 30.4 Å². The van der Waals surface area contributed by atoms with Crippen molar-refractivity contribution in [1.29, 1.82) is 0 Å². The lowest BCUT2D eigenvalue weighted by Crippen LogP contribution is -2.09. The van der Waals surface area contributed by atoms with Crippen molar-refractivity contribution < 1.29 is 4.39 Å². The fourth-order valence-corrected chi connectivity index (χ4v) is 2.20. The van der Waals surface area contributed by atoms with Crippen LogP contribution in [0.5, 0.6) is 0 Å². The zero-order chi connectivity index (χ0) is 9.97. The molecule has 2 heteroatoms. The Kier molecular flexibility index (Phi) is 2.82. The molecule has 1 aromatic rings. The van der Waals surface area contributed by atoms with Crippen LogP contribution in [-0.4, -0.2) is 13.1 Å². The van der Waals surface area contributed by atoms with Crippen molar-refractivity contribution in [3.05, 3.63) is 35.1 Å². The lowest BCUT2D eigenvalue weighted by atomic mass is 9.92. The Bertz CT molecular complexity index is 316. The molecule has 2 rings (SSSR count). The van der Waals surface area contributed by atoms with E-state index < -0.39 is 0 Å². The van der Waals surface area contributed by atoms with E-state index in [0.29, 0.717) is 5.92 Å². The minimum atomic E-state index is -0.114. The number of hydrogen-bond acceptors (Lipinski definition) is 1. The normalized spacial score (nSPS) is 21.4. The van der Waals surface area contributed by atoms with Crippen LogP contribution in [0.25, 0.3) is 0 Å². The molecule has 0 bridgehead atoms. The minimum Gasteiger partial charge on any atom is -0.316 e. The summed E-state index contributed by atoms with van der Waals surface area (Å²) in [5.41, 5.74) is 2.50. The first-order valence-corrected chi connectivity index (χ1v) is 5.30. The van der Waals surface area contributed by atoms with Gasteiger partial charge in [-0.25, -0.2) is 4.39 Å². The summed E-state index contributed by atoms with van der Waals surface area (Å²) < 4.78 is 13.0. The van der Waals surface area contributed by atoms with Gasteiger partial charge < -0.3 is 5.32 Å². The van der Waals surface area contributed by atoms with Gasteiger partial charge in [0.2, 0.25) is 0 Å². The van der Waals surface area contributed by atoms with Crippen molar-refractivity contribution >= 4 is 0 Å². The highest BCUT2D eigenvalue weighted by atomic mass is 19.1. The van der Waals surface area contributed by atoms with Gasteiger partial charge in [-0.1, -0.05) is 13.0 Å². The summed E-state index contributed by atoms with van der Waals surface area (Å²) in [5, 5.41) is 3.34. The maximum atomic E-state index is 13.0. The van der Waals surface area contributed by atoms with Crippen LogP contribution >= 0.6 is 0 Å². The molecular weight excluding hydrogens is 177 g/mol. The van der Waals surface area contributed by atoms with Crippen LogP contribution in [-0.2, 0) is 6.42 Å². The highest BCUT2D eigenvalue weighted by Gasteiger charge is 2.18. The third-order valence-electron chi connectivity index (χ3n) is 2.99. The van der Waals surface area contributed by atoms with E-state index in [0.717, 1.165) is 19.5 Å². The summed E-state index contributed by atoms with van der Waals surface area (Å²) in [6, 6.07) is 5.20. The lowest BCUT2D eigenvalue weighted by molar-refractivity contribution is 0.622. The van der Waals surface area contributed by atoms with Crippen molar-refractivity contribution in [1.82, 2.24) is 5.32 Å². The van der Waals surface area contributed by atoms with Crippen LogP contribution in [0.3, 0.4) is 0 Å². The second-order valence-electron chi connectivity index (χ2n) is 3.89. The molecule has 0 radical (unpaired) electrons. The highest BCUT2D eigenvalue weighted by molar-refractivity contribution is 5.32. The molecule has 0 amide bonds. The molecule has 0 unspecified atom stereocenters. The van der Waals surface area contributed by atoms with E-state index in [1.54, 1.807) is 12.1 Å². The van der Waals surface area contributed by atoms with E-state index in [-0.39, 0.29) is 5.82 Å². The fourth-order valence-electron chi connectivity index (χ4n) is 2.20. The number of aryl methyl sites for hydroxylation is 1. The molecule has 1 atom stereocenters. The Hall–Kier alpha value is -0.890. The van der Waals surface area contributed by atoms with Crippen molar-refractivity contribution in [2.24, 2.45) is 0 Å². The van der Waals surface area contributed by atoms with Crippen LogP contribution in [0, 0.1) is 5.82 Å². The number of benzene rings is 1. The molecule has 76 valence electrons. The molecule has 1 aliphatic heterocycles. The average molecular weight is 193 g/mol. The van der Waals surface area contributed by atoms with Gasteiger partial charge in [0.15, 0.2) is 0 Å². The molecule has 1 fully saturated rings. The van der Waals surface area contributed by atoms with Gasteiger partial charge in [0, 0.05) is 6.54 Å². The van der Waals surface area contributed by atoms with E-state index in [1.807, 2.05) is 6.07 Å². The van der Waals surface area contributed by atoms with Crippen molar-refractivity contribution in [3.63, 3.8) is 0 Å². The Labute approximate surface area is 84.3 Å². The number of hydrogen-bond donors (Lipinski definition) is 1. The van der Waals surface area contributed by atoms with Crippen LogP contribution in [0.2, 0.25) is 0 Å². The third kappa shape index (κ3) is 1.80. The summed E-state index contributed by atoms with van der Waals surface area (Å²) in [7, 11) is 0. The number of nitrogens with one attached hydrogen (secondary N) is 1. The molecule has 1 saturated heterocycles. The summed E-state index contributed by atoms with van der Waals surface area (Å²) in [6.07, 6.45) is 2.10. The van der Waals surface area contributed by atoms with Gasteiger partial charge in [-0.05, 0) is 48.6 Å². The quantitative estimate of drug-likeness (QED) is 0.760. The first-order chi connectivity index (χ1) is 6.81. The molecule has 1 heterocycles. The van der Waals surface area contributed by atoms with Gasteiger partial charge in [-0.2, -0.15) is 0 Å². The number of rotatable bonds is 2. The molecule has 1 aromatic carbocycles. The molecule has 0 aliphatic carbocycles. The molecular formula is C12H16FN. The van der Waals surface area contributed by atoms with Crippen LogP contribution < -0.4 is 5.32 Å². The monoisotopic (exact) mass is 193 g/mol. The largest absolute Gasteiger partial charge is 0.316 e. The molecule has 14 heavy (non-hydrogen) atoms. The first kappa shape index (κ1) is 9.66. The third-order valence-corrected chi connectivity index (χ3v) is 2.99. The molecule has 1 aliphatic rings. The fraction of sp³-hybridized carbons (Fsp3) is 0.500. The van der Waals surface area contributed by atoms with E-state index in [4.69, 9.17) is 0 Å². The van der Waals surface area contributed by atoms with E-state index >= 15 is 0 Å². The predicted molar refractivity (Wildman–Crippen MR) is 56.0 cm³/mol. The topological polar surface area (TPSA) is 12.0 Å². The highest BCUT2D eigenvalue weighted by Crippen LogP contribution is 2.26. The Morgan fingerprint density at radius 1 is 1.50 bits per heavy atom. The Balaban J connectivity index is 2.31. The van der Waals surface area contributed by atoms with E-state index in [9.17, 15) is 4.39 Å². The Morgan fingerprint density at radius 2 is 2.36 bits per heavy atom. The number of halogens is 1.